The van der Waals surface area contributed by atoms with E-state index in [1.807, 2.05) is 6.07 Å². The number of halogens is 1. The molecular weight excluding hydrogens is 596 g/mol. The maximum absolute atomic E-state index is 11.5. The SMILES string of the molecule is COc1cc(OC)cc(-c2nc(N)oc2-c2ccnc(Nc3ccc(OC4CCN(CCS(C)(=O)=O)CC4)c(Cl)c3)n2)c1. The molecule has 0 bridgehead atoms. The zero-order valence-corrected chi connectivity index (χ0v) is 25.6. The predicted octanol–water partition coefficient (Wildman–Crippen LogP) is 4.68. The Kier molecular flexibility index (Phi) is 9.23. The lowest BCUT2D eigenvalue weighted by Crippen LogP contribution is -2.40. The van der Waals surface area contributed by atoms with Crippen LogP contribution in [0.3, 0.4) is 0 Å². The van der Waals surface area contributed by atoms with Gasteiger partial charge in [0.25, 0.3) is 6.01 Å². The van der Waals surface area contributed by atoms with E-state index >= 15 is 0 Å². The molecule has 0 unspecified atom stereocenters. The Labute approximate surface area is 255 Å². The summed E-state index contributed by atoms with van der Waals surface area (Å²) in [4.78, 5) is 15.5. The number of aromatic nitrogens is 3. The minimum atomic E-state index is -2.98. The molecule has 43 heavy (non-hydrogen) atoms. The average molecular weight is 629 g/mol. The van der Waals surface area contributed by atoms with Gasteiger partial charge in [0.15, 0.2) is 5.76 Å². The summed E-state index contributed by atoms with van der Waals surface area (Å²) in [5.74, 6) is 2.59. The third-order valence-electron chi connectivity index (χ3n) is 6.95. The molecule has 14 heteroatoms. The Hall–Kier alpha value is -4.07. The molecule has 0 saturated carbocycles. The van der Waals surface area contributed by atoms with Crippen molar-refractivity contribution in [3.63, 3.8) is 0 Å². The molecule has 1 aliphatic rings. The maximum Gasteiger partial charge on any atom is 0.293 e. The van der Waals surface area contributed by atoms with Crippen molar-refractivity contribution in [1.29, 1.82) is 0 Å². The number of rotatable bonds is 11. The normalized spacial score (nSPS) is 14.4. The first-order valence-corrected chi connectivity index (χ1v) is 16.0. The second kappa shape index (κ2) is 13.1. The average Bonchev–Trinajstić information content (AvgIpc) is 3.39. The summed E-state index contributed by atoms with van der Waals surface area (Å²) in [6.07, 6.45) is 4.44. The summed E-state index contributed by atoms with van der Waals surface area (Å²) in [5.41, 5.74) is 8.23. The van der Waals surface area contributed by atoms with Crippen LogP contribution >= 0.6 is 11.6 Å². The van der Waals surface area contributed by atoms with Gasteiger partial charge in [0.1, 0.15) is 44.6 Å². The molecule has 0 spiro atoms. The van der Waals surface area contributed by atoms with E-state index < -0.39 is 9.84 Å². The van der Waals surface area contributed by atoms with Crippen molar-refractivity contribution in [2.24, 2.45) is 0 Å². The molecular formula is C29H33ClN6O6S. The lowest BCUT2D eigenvalue weighted by atomic mass is 10.1. The van der Waals surface area contributed by atoms with Crippen LogP contribution in [0.4, 0.5) is 17.7 Å². The fourth-order valence-electron chi connectivity index (χ4n) is 4.72. The lowest BCUT2D eigenvalue weighted by Gasteiger charge is -2.32. The summed E-state index contributed by atoms with van der Waals surface area (Å²) in [5, 5.41) is 3.61. The molecule has 228 valence electrons. The van der Waals surface area contributed by atoms with Crippen molar-refractivity contribution in [3.05, 3.63) is 53.7 Å². The number of anilines is 3. The third-order valence-corrected chi connectivity index (χ3v) is 8.17. The third kappa shape index (κ3) is 7.86. The van der Waals surface area contributed by atoms with E-state index in [0.717, 1.165) is 25.9 Å². The predicted molar refractivity (Wildman–Crippen MR) is 165 cm³/mol. The van der Waals surface area contributed by atoms with Gasteiger partial charge in [0.05, 0.1) is 25.0 Å². The number of oxazole rings is 1. The van der Waals surface area contributed by atoms with Gasteiger partial charge in [-0.1, -0.05) is 11.6 Å². The highest BCUT2D eigenvalue weighted by molar-refractivity contribution is 7.90. The van der Waals surface area contributed by atoms with Crippen molar-refractivity contribution in [3.8, 4) is 40.0 Å². The van der Waals surface area contributed by atoms with E-state index in [1.54, 1.807) is 56.8 Å². The van der Waals surface area contributed by atoms with Gasteiger partial charge in [-0.3, -0.25) is 0 Å². The van der Waals surface area contributed by atoms with E-state index in [2.05, 4.69) is 25.2 Å². The van der Waals surface area contributed by atoms with Gasteiger partial charge in [0, 0.05) is 49.4 Å². The topological polar surface area (TPSA) is 155 Å². The van der Waals surface area contributed by atoms with E-state index in [9.17, 15) is 8.42 Å². The molecule has 5 rings (SSSR count). The van der Waals surface area contributed by atoms with Crippen LogP contribution in [0.25, 0.3) is 22.7 Å². The number of nitrogens with two attached hydrogens (primary N) is 1. The van der Waals surface area contributed by atoms with Gasteiger partial charge in [-0.05, 0) is 49.2 Å². The first-order chi connectivity index (χ1) is 20.6. The monoisotopic (exact) mass is 628 g/mol. The molecule has 0 atom stereocenters. The van der Waals surface area contributed by atoms with Crippen LogP contribution in [-0.4, -0.2) is 80.2 Å². The van der Waals surface area contributed by atoms with E-state index in [-0.39, 0.29) is 17.9 Å². The fraction of sp³-hybridized carbons (Fsp3) is 0.345. The first-order valence-electron chi connectivity index (χ1n) is 13.6. The number of nitrogens with one attached hydrogen (secondary N) is 1. The van der Waals surface area contributed by atoms with Crippen LogP contribution in [0.1, 0.15) is 12.8 Å². The van der Waals surface area contributed by atoms with Crippen molar-refractivity contribution < 1.29 is 27.0 Å². The number of methoxy groups -OCH3 is 2. The number of likely N-dealkylation sites (tertiary alicyclic amines) is 1. The number of ether oxygens (including phenoxy) is 3. The first kappa shape index (κ1) is 30.4. The van der Waals surface area contributed by atoms with E-state index in [0.29, 0.717) is 63.2 Å². The van der Waals surface area contributed by atoms with Crippen molar-refractivity contribution in [2.75, 3.05) is 56.9 Å². The van der Waals surface area contributed by atoms with Crippen LogP contribution < -0.4 is 25.3 Å². The number of benzene rings is 2. The molecule has 2 aromatic heterocycles. The number of hydrogen-bond donors (Lipinski definition) is 2. The molecule has 2 aromatic carbocycles. The molecule has 3 heterocycles. The van der Waals surface area contributed by atoms with Gasteiger partial charge in [-0.15, -0.1) is 0 Å². The van der Waals surface area contributed by atoms with Crippen molar-refractivity contribution in [1.82, 2.24) is 19.9 Å². The quantitative estimate of drug-likeness (QED) is 0.237. The lowest BCUT2D eigenvalue weighted by molar-refractivity contribution is 0.104. The molecule has 1 saturated heterocycles. The summed E-state index contributed by atoms with van der Waals surface area (Å²) >= 11 is 6.57. The molecule has 0 amide bonds. The zero-order valence-electron chi connectivity index (χ0n) is 24.0. The Morgan fingerprint density at radius 3 is 2.44 bits per heavy atom. The second-order valence-corrected chi connectivity index (χ2v) is 12.8. The summed E-state index contributed by atoms with van der Waals surface area (Å²) < 4.78 is 45.6. The second-order valence-electron chi connectivity index (χ2n) is 10.2. The zero-order chi connectivity index (χ0) is 30.6. The largest absolute Gasteiger partial charge is 0.497 e. The van der Waals surface area contributed by atoms with Crippen LogP contribution in [-0.2, 0) is 9.84 Å². The number of nitrogen functional groups attached to an aromatic ring is 1. The van der Waals surface area contributed by atoms with E-state index in [4.69, 9.17) is 36.0 Å². The molecule has 1 fully saturated rings. The number of hydrogen-bond acceptors (Lipinski definition) is 12. The van der Waals surface area contributed by atoms with Gasteiger partial charge >= 0.3 is 0 Å². The Morgan fingerprint density at radius 2 is 1.79 bits per heavy atom. The van der Waals surface area contributed by atoms with Crippen LogP contribution in [0.15, 0.2) is 53.1 Å². The smallest absolute Gasteiger partial charge is 0.293 e. The van der Waals surface area contributed by atoms with E-state index in [1.165, 1.54) is 6.26 Å². The van der Waals surface area contributed by atoms with Crippen molar-refractivity contribution in [2.45, 2.75) is 18.9 Å². The van der Waals surface area contributed by atoms with Crippen LogP contribution in [0.2, 0.25) is 5.02 Å². The Morgan fingerprint density at radius 1 is 1.07 bits per heavy atom. The molecule has 4 aromatic rings. The summed E-state index contributed by atoms with van der Waals surface area (Å²) in [6, 6.07) is 12.4. The number of nitrogens with zero attached hydrogens (tertiary/aromatic N) is 4. The number of piperidine rings is 1. The summed E-state index contributed by atoms with van der Waals surface area (Å²) in [6.45, 7) is 2.08. The molecule has 0 radical (unpaired) electrons. The van der Waals surface area contributed by atoms with Gasteiger partial charge in [-0.25, -0.2) is 18.4 Å². The van der Waals surface area contributed by atoms with Crippen LogP contribution in [0.5, 0.6) is 17.2 Å². The van der Waals surface area contributed by atoms with Crippen LogP contribution in [0, 0.1) is 0 Å². The highest BCUT2D eigenvalue weighted by Gasteiger charge is 2.23. The minimum absolute atomic E-state index is 0.00102. The highest BCUT2D eigenvalue weighted by atomic mass is 35.5. The van der Waals surface area contributed by atoms with Gasteiger partial charge < -0.3 is 34.6 Å². The highest BCUT2D eigenvalue weighted by Crippen LogP contribution is 2.37. The molecule has 12 nitrogen and oxygen atoms in total. The van der Waals surface area contributed by atoms with Gasteiger partial charge in [0.2, 0.25) is 5.95 Å². The standard InChI is InChI=1S/C29H33ClN6O6S/c1-39-21-14-18(15-22(17-21)40-2)26-27(42-28(31)35-26)24-6-9-32-29(34-24)33-19-4-5-25(23(30)16-19)41-20-7-10-36(11-8-20)12-13-43(3,37)38/h4-6,9,14-17,20H,7-8,10-13H2,1-3H3,(H2,31,35)(H,32,33,34). The Balaban J connectivity index is 1.27. The maximum atomic E-state index is 11.5. The van der Waals surface area contributed by atoms with Crippen molar-refractivity contribution >= 4 is 39.1 Å². The minimum Gasteiger partial charge on any atom is -0.497 e. The Bertz CT molecular complexity index is 1670. The number of sulfone groups is 1. The fourth-order valence-corrected chi connectivity index (χ4v) is 5.54. The molecule has 3 N–H and O–H groups in total. The molecule has 1 aliphatic heterocycles. The van der Waals surface area contributed by atoms with Gasteiger partial charge in [-0.2, -0.15) is 4.98 Å². The summed E-state index contributed by atoms with van der Waals surface area (Å²) in [7, 11) is 0.159. The molecule has 0 aliphatic carbocycles.